The largest absolute Gasteiger partial charge is 0.320 e. The monoisotopic (exact) mass is 409 g/mol. The molecule has 1 saturated heterocycles. The molecule has 4 heterocycles. The first-order valence-corrected chi connectivity index (χ1v) is 11.6. The molecule has 1 aliphatic carbocycles. The highest BCUT2D eigenvalue weighted by Gasteiger charge is 2.33. The quantitative estimate of drug-likeness (QED) is 0.547. The highest BCUT2D eigenvalue weighted by molar-refractivity contribution is 7.19. The Balaban J connectivity index is 1.33. The Morgan fingerprint density at radius 3 is 3.00 bits per heavy atom. The predicted octanol–water partition coefficient (Wildman–Crippen LogP) is 3.00. The lowest BCUT2D eigenvalue weighted by Gasteiger charge is -2.19. The third-order valence-corrected chi connectivity index (χ3v) is 8.45. The van der Waals surface area contributed by atoms with Gasteiger partial charge in [0.2, 0.25) is 0 Å². The van der Waals surface area contributed by atoms with E-state index >= 15 is 0 Å². The zero-order valence-electron chi connectivity index (χ0n) is 15.5. The van der Waals surface area contributed by atoms with Gasteiger partial charge in [-0.2, -0.15) is 0 Å². The molecule has 2 aliphatic rings. The van der Waals surface area contributed by atoms with E-state index in [1.54, 1.807) is 11.3 Å². The number of H-pyrrole nitrogens is 1. The van der Waals surface area contributed by atoms with Crippen molar-refractivity contribution >= 4 is 43.1 Å². The number of benzene rings is 1. The van der Waals surface area contributed by atoms with Crippen LogP contribution in [0.4, 0.5) is 0 Å². The first kappa shape index (κ1) is 16.8. The van der Waals surface area contributed by atoms with E-state index in [9.17, 15) is 4.79 Å². The molecule has 3 aromatic heterocycles. The molecule has 0 spiro atoms. The number of para-hydroxylation sites is 1. The van der Waals surface area contributed by atoms with Gasteiger partial charge >= 0.3 is 0 Å². The number of rotatable bonds is 3. The Kier molecular flexibility index (Phi) is 3.89. The molecule has 1 aromatic carbocycles. The van der Waals surface area contributed by atoms with E-state index in [0.29, 0.717) is 6.04 Å². The van der Waals surface area contributed by atoms with E-state index in [1.807, 2.05) is 17.4 Å². The Morgan fingerprint density at radius 1 is 1.14 bits per heavy atom. The standard InChI is InChI=1S/C21H20N4OS2/c26-19-18-12-5-3-9-15(12)27-21(18)24-17(23-19)11-25-10-4-7-14(25)20-22-13-6-1-2-8-16(13)28-20/h1-2,6,8,14H,3-5,7,9-11H2,(H,23,24,26)/p+1/t14-/m1/s1. The molecular formula is C21H21N4OS2+. The van der Waals surface area contributed by atoms with Gasteiger partial charge in [0, 0.05) is 17.7 Å². The van der Waals surface area contributed by atoms with Crippen LogP contribution in [-0.2, 0) is 19.4 Å². The molecule has 7 heteroatoms. The maximum absolute atomic E-state index is 12.8. The number of nitrogens with one attached hydrogen (secondary N) is 2. The average molecular weight is 410 g/mol. The lowest BCUT2D eigenvalue weighted by molar-refractivity contribution is -0.932. The number of nitrogens with zero attached hydrogens (tertiary/aromatic N) is 2. The van der Waals surface area contributed by atoms with Crippen molar-refractivity contribution in [1.82, 2.24) is 15.0 Å². The zero-order chi connectivity index (χ0) is 18.7. The number of thiazole rings is 1. The number of fused-ring (bicyclic) bond motifs is 4. The molecule has 2 atom stereocenters. The van der Waals surface area contributed by atoms with Crippen LogP contribution in [0.25, 0.3) is 20.4 Å². The van der Waals surface area contributed by atoms with E-state index in [-0.39, 0.29) is 5.56 Å². The summed E-state index contributed by atoms with van der Waals surface area (Å²) in [6.07, 6.45) is 5.63. The van der Waals surface area contributed by atoms with Gasteiger partial charge in [-0.05, 0) is 37.0 Å². The first-order chi connectivity index (χ1) is 13.8. The van der Waals surface area contributed by atoms with Crippen LogP contribution in [0.2, 0.25) is 0 Å². The van der Waals surface area contributed by atoms with Crippen molar-refractivity contribution in [2.24, 2.45) is 0 Å². The number of aromatic amines is 1. The summed E-state index contributed by atoms with van der Waals surface area (Å²) in [4.78, 5) is 29.4. The number of thiophene rings is 1. The predicted molar refractivity (Wildman–Crippen MR) is 113 cm³/mol. The number of hydrogen-bond donors (Lipinski definition) is 2. The Hall–Kier alpha value is -2.09. The summed E-state index contributed by atoms with van der Waals surface area (Å²) in [6.45, 7) is 1.86. The molecule has 1 fully saturated rings. The van der Waals surface area contributed by atoms with Crippen LogP contribution in [0.5, 0.6) is 0 Å². The highest BCUT2D eigenvalue weighted by atomic mass is 32.1. The minimum Gasteiger partial charge on any atom is -0.320 e. The minimum absolute atomic E-state index is 0.0505. The van der Waals surface area contributed by atoms with Crippen LogP contribution in [-0.4, -0.2) is 21.5 Å². The maximum Gasteiger partial charge on any atom is 0.260 e. The molecule has 0 amide bonds. The zero-order valence-corrected chi connectivity index (χ0v) is 17.1. The normalized spacial score (nSPS) is 21.7. The summed E-state index contributed by atoms with van der Waals surface area (Å²) in [6, 6.07) is 8.76. The molecule has 28 heavy (non-hydrogen) atoms. The summed E-state index contributed by atoms with van der Waals surface area (Å²) in [5, 5.41) is 2.06. The summed E-state index contributed by atoms with van der Waals surface area (Å²) >= 11 is 3.53. The third-order valence-electron chi connectivity index (χ3n) is 6.11. The number of quaternary nitrogens is 1. The fourth-order valence-electron chi connectivity index (χ4n) is 4.81. The van der Waals surface area contributed by atoms with Gasteiger partial charge in [-0.3, -0.25) is 4.79 Å². The van der Waals surface area contributed by atoms with Crippen LogP contribution in [0.3, 0.4) is 0 Å². The van der Waals surface area contributed by atoms with E-state index < -0.39 is 0 Å². The van der Waals surface area contributed by atoms with Gasteiger partial charge in [0.1, 0.15) is 17.4 Å². The van der Waals surface area contributed by atoms with Gasteiger partial charge in [0.25, 0.3) is 5.56 Å². The van der Waals surface area contributed by atoms with Crippen LogP contribution < -0.4 is 10.5 Å². The smallest absolute Gasteiger partial charge is 0.260 e. The maximum atomic E-state index is 12.8. The van der Waals surface area contributed by atoms with Gasteiger partial charge in [0.15, 0.2) is 10.8 Å². The summed E-state index contributed by atoms with van der Waals surface area (Å²) in [5.41, 5.74) is 2.39. The average Bonchev–Trinajstić information content (AvgIpc) is 3.43. The lowest BCUT2D eigenvalue weighted by atomic mass is 10.2. The first-order valence-electron chi connectivity index (χ1n) is 10.00. The van der Waals surface area contributed by atoms with Crippen molar-refractivity contribution in [3.63, 3.8) is 0 Å². The van der Waals surface area contributed by atoms with Gasteiger partial charge < -0.3 is 9.88 Å². The van der Waals surface area contributed by atoms with Gasteiger partial charge in [-0.25, -0.2) is 9.97 Å². The number of aryl methyl sites for hydroxylation is 2. The van der Waals surface area contributed by atoms with Crippen molar-refractivity contribution in [2.45, 2.75) is 44.7 Å². The molecule has 1 unspecified atom stereocenters. The second-order valence-electron chi connectivity index (χ2n) is 7.85. The molecule has 0 saturated carbocycles. The highest BCUT2D eigenvalue weighted by Crippen LogP contribution is 2.34. The van der Waals surface area contributed by atoms with E-state index in [2.05, 4.69) is 23.2 Å². The molecule has 1 aliphatic heterocycles. The molecule has 4 aromatic rings. The molecular weight excluding hydrogens is 388 g/mol. The fraction of sp³-hybridized carbons (Fsp3) is 0.381. The molecule has 0 radical (unpaired) electrons. The Labute approximate surface area is 170 Å². The fourth-order valence-corrected chi connectivity index (χ4v) is 7.25. The van der Waals surface area contributed by atoms with Crippen LogP contribution in [0, 0.1) is 0 Å². The summed E-state index contributed by atoms with van der Waals surface area (Å²) in [7, 11) is 0. The Bertz CT molecular complexity index is 1220. The second kappa shape index (κ2) is 6.47. The van der Waals surface area contributed by atoms with E-state index in [1.165, 1.54) is 37.9 Å². The topological polar surface area (TPSA) is 63.1 Å². The van der Waals surface area contributed by atoms with Gasteiger partial charge in [0.05, 0.1) is 22.1 Å². The van der Waals surface area contributed by atoms with Crippen LogP contribution in [0.1, 0.15) is 46.6 Å². The van der Waals surface area contributed by atoms with Crippen LogP contribution in [0.15, 0.2) is 29.1 Å². The molecule has 0 bridgehead atoms. The third kappa shape index (κ3) is 2.64. The molecule has 6 rings (SSSR count). The minimum atomic E-state index is 0.0505. The SMILES string of the molecule is O=c1[nH]c(C[NH+]2CCC[C@@H]2c2nc3ccccc3s2)nc2sc3c(c12)CCC3. The van der Waals surface area contributed by atoms with Crippen molar-refractivity contribution < 1.29 is 4.90 Å². The Morgan fingerprint density at radius 2 is 2.07 bits per heavy atom. The van der Waals surface area contributed by atoms with Crippen molar-refractivity contribution in [2.75, 3.05) is 6.54 Å². The van der Waals surface area contributed by atoms with Crippen molar-refractivity contribution in [3.05, 3.63) is 55.9 Å². The number of likely N-dealkylation sites (tertiary alicyclic amines) is 1. The number of aromatic nitrogens is 3. The van der Waals surface area contributed by atoms with Crippen LogP contribution >= 0.6 is 22.7 Å². The summed E-state index contributed by atoms with van der Waals surface area (Å²) < 4.78 is 1.25. The van der Waals surface area contributed by atoms with Gasteiger partial charge in [-0.1, -0.05) is 12.1 Å². The lowest BCUT2D eigenvalue weighted by Crippen LogP contribution is -3.09. The summed E-state index contributed by atoms with van der Waals surface area (Å²) in [5.74, 6) is 0.820. The molecule has 5 nitrogen and oxygen atoms in total. The second-order valence-corrected chi connectivity index (χ2v) is 10.00. The molecule has 142 valence electrons. The number of hydrogen-bond acceptors (Lipinski definition) is 5. The van der Waals surface area contributed by atoms with Crippen molar-refractivity contribution in [3.8, 4) is 0 Å². The van der Waals surface area contributed by atoms with Gasteiger partial charge in [-0.15, -0.1) is 22.7 Å². The van der Waals surface area contributed by atoms with E-state index in [0.717, 1.165) is 53.9 Å². The van der Waals surface area contributed by atoms with Crippen molar-refractivity contribution in [1.29, 1.82) is 0 Å². The van der Waals surface area contributed by atoms with E-state index in [4.69, 9.17) is 9.97 Å². The molecule has 2 N–H and O–H groups in total.